The van der Waals surface area contributed by atoms with E-state index in [4.69, 9.17) is 9.15 Å². The Morgan fingerprint density at radius 3 is 2.61 bits per heavy atom. The van der Waals surface area contributed by atoms with E-state index < -0.39 is 0 Å². The largest absolute Gasteiger partial charge is 0.472 e. The first-order valence-electron chi connectivity index (χ1n) is 5.67. The second kappa shape index (κ2) is 6.02. The van der Waals surface area contributed by atoms with Crippen LogP contribution in [0.4, 0.5) is 0 Å². The molecule has 0 aliphatic carbocycles. The van der Waals surface area contributed by atoms with E-state index in [1.165, 1.54) is 7.11 Å². The van der Waals surface area contributed by atoms with Crippen LogP contribution in [0, 0.1) is 0 Å². The smallest absolute Gasteiger partial charge is 0.246 e. The molecule has 2 rings (SSSR count). The highest BCUT2D eigenvalue weighted by molar-refractivity contribution is 5.77. The Kier molecular flexibility index (Phi) is 4.15. The molecule has 1 aromatic carbocycles. The first-order valence-corrected chi connectivity index (χ1v) is 5.67. The lowest BCUT2D eigenvalue weighted by Gasteiger charge is -2.05. The van der Waals surface area contributed by atoms with Crippen LogP contribution in [0.25, 0.3) is 11.1 Å². The summed E-state index contributed by atoms with van der Waals surface area (Å²) >= 11 is 0. The van der Waals surface area contributed by atoms with Crippen molar-refractivity contribution < 1.29 is 13.9 Å². The molecule has 0 fully saturated rings. The van der Waals surface area contributed by atoms with E-state index in [2.05, 4.69) is 5.32 Å². The number of methoxy groups -OCH3 is 1. The van der Waals surface area contributed by atoms with Gasteiger partial charge in [-0.1, -0.05) is 24.3 Å². The molecule has 0 saturated carbocycles. The third-order valence-electron chi connectivity index (χ3n) is 2.57. The summed E-state index contributed by atoms with van der Waals surface area (Å²) in [6.07, 6.45) is 3.35. The van der Waals surface area contributed by atoms with Crippen LogP contribution in [0.5, 0.6) is 0 Å². The molecule has 4 nitrogen and oxygen atoms in total. The zero-order valence-corrected chi connectivity index (χ0v) is 10.2. The number of carbonyl (C=O) groups is 1. The third-order valence-corrected chi connectivity index (χ3v) is 2.57. The van der Waals surface area contributed by atoms with Gasteiger partial charge in [-0.15, -0.1) is 0 Å². The average molecular weight is 245 g/mol. The zero-order valence-electron chi connectivity index (χ0n) is 10.2. The summed E-state index contributed by atoms with van der Waals surface area (Å²) in [7, 11) is 1.50. The van der Waals surface area contributed by atoms with E-state index in [1.54, 1.807) is 12.5 Å². The van der Waals surface area contributed by atoms with E-state index in [0.717, 1.165) is 16.7 Å². The molecule has 2 aromatic rings. The minimum atomic E-state index is -0.114. The fourth-order valence-electron chi connectivity index (χ4n) is 1.63. The van der Waals surface area contributed by atoms with Gasteiger partial charge in [0.05, 0.1) is 12.5 Å². The molecule has 0 saturated heterocycles. The van der Waals surface area contributed by atoms with Gasteiger partial charge in [-0.25, -0.2) is 0 Å². The van der Waals surface area contributed by atoms with E-state index in [0.29, 0.717) is 6.54 Å². The number of benzene rings is 1. The molecule has 0 atom stereocenters. The summed E-state index contributed by atoms with van der Waals surface area (Å²) < 4.78 is 9.77. The van der Waals surface area contributed by atoms with Gasteiger partial charge in [0.15, 0.2) is 0 Å². The molecule has 1 heterocycles. The van der Waals surface area contributed by atoms with Gasteiger partial charge in [-0.05, 0) is 17.2 Å². The maximum atomic E-state index is 11.2. The lowest BCUT2D eigenvalue weighted by Crippen LogP contribution is -2.26. The first-order chi connectivity index (χ1) is 8.79. The van der Waals surface area contributed by atoms with Crippen LogP contribution in [-0.2, 0) is 16.1 Å². The number of ether oxygens (including phenoxy) is 1. The molecule has 0 aliphatic heterocycles. The van der Waals surface area contributed by atoms with Crippen molar-refractivity contribution in [2.75, 3.05) is 13.7 Å². The minimum Gasteiger partial charge on any atom is -0.472 e. The number of rotatable bonds is 5. The second-order valence-electron chi connectivity index (χ2n) is 3.92. The maximum Gasteiger partial charge on any atom is 0.246 e. The van der Waals surface area contributed by atoms with Crippen LogP contribution < -0.4 is 5.32 Å². The second-order valence-corrected chi connectivity index (χ2v) is 3.92. The number of carbonyl (C=O) groups excluding carboxylic acids is 1. The van der Waals surface area contributed by atoms with Crippen LogP contribution >= 0.6 is 0 Å². The SMILES string of the molecule is COCC(=O)NCc1ccc(-c2ccoc2)cc1. The van der Waals surface area contributed by atoms with Crippen LogP contribution in [0.1, 0.15) is 5.56 Å². The highest BCUT2D eigenvalue weighted by Gasteiger charge is 2.01. The monoisotopic (exact) mass is 245 g/mol. The predicted molar refractivity (Wildman–Crippen MR) is 67.9 cm³/mol. The first kappa shape index (κ1) is 12.4. The van der Waals surface area contributed by atoms with Gasteiger partial charge in [0.1, 0.15) is 6.61 Å². The fourth-order valence-corrected chi connectivity index (χ4v) is 1.63. The van der Waals surface area contributed by atoms with Crippen molar-refractivity contribution in [2.45, 2.75) is 6.54 Å². The Morgan fingerprint density at radius 2 is 2.00 bits per heavy atom. The van der Waals surface area contributed by atoms with Gasteiger partial charge in [0.2, 0.25) is 5.91 Å². The zero-order chi connectivity index (χ0) is 12.8. The van der Waals surface area contributed by atoms with Gasteiger partial charge in [0.25, 0.3) is 0 Å². The van der Waals surface area contributed by atoms with Gasteiger partial charge in [-0.2, -0.15) is 0 Å². The summed E-state index contributed by atoms with van der Waals surface area (Å²) in [4.78, 5) is 11.2. The van der Waals surface area contributed by atoms with Crippen molar-refractivity contribution in [3.63, 3.8) is 0 Å². The molecule has 1 aromatic heterocycles. The lowest BCUT2D eigenvalue weighted by molar-refractivity contribution is -0.124. The molecule has 94 valence electrons. The Bertz CT molecular complexity index is 488. The third kappa shape index (κ3) is 3.21. The molecule has 18 heavy (non-hydrogen) atoms. The quantitative estimate of drug-likeness (QED) is 0.878. The van der Waals surface area contributed by atoms with Crippen molar-refractivity contribution in [2.24, 2.45) is 0 Å². The van der Waals surface area contributed by atoms with Gasteiger partial charge < -0.3 is 14.5 Å². The van der Waals surface area contributed by atoms with Crippen molar-refractivity contribution in [3.05, 3.63) is 48.4 Å². The summed E-state index contributed by atoms with van der Waals surface area (Å²) in [5.74, 6) is -0.114. The predicted octanol–water partition coefficient (Wildman–Crippen LogP) is 2.21. The summed E-state index contributed by atoms with van der Waals surface area (Å²) in [5.41, 5.74) is 3.19. The Labute approximate surface area is 106 Å². The standard InChI is InChI=1S/C14H15NO3/c1-17-10-14(16)15-8-11-2-4-12(5-3-11)13-6-7-18-9-13/h2-7,9H,8,10H2,1H3,(H,15,16). The average Bonchev–Trinajstić information content (AvgIpc) is 2.91. The Balaban J connectivity index is 1.94. The number of hydrogen-bond donors (Lipinski definition) is 1. The molecule has 0 radical (unpaired) electrons. The summed E-state index contributed by atoms with van der Waals surface area (Å²) in [6.45, 7) is 0.598. The van der Waals surface area contributed by atoms with E-state index in [-0.39, 0.29) is 12.5 Å². The van der Waals surface area contributed by atoms with Crippen molar-refractivity contribution in [3.8, 4) is 11.1 Å². The van der Waals surface area contributed by atoms with Crippen LogP contribution in [-0.4, -0.2) is 19.6 Å². The Hall–Kier alpha value is -2.07. The highest BCUT2D eigenvalue weighted by Crippen LogP contribution is 2.19. The van der Waals surface area contributed by atoms with E-state index in [9.17, 15) is 4.79 Å². The molecule has 0 bridgehead atoms. The number of furan rings is 1. The van der Waals surface area contributed by atoms with Gasteiger partial charge in [-0.3, -0.25) is 4.79 Å². The van der Waals surface area contributed by atoms with Gasteiger partial charge in [0, 0.05) is 19.2 Å². The minimum absolute atomic E-state index is 0.0904. The Morgan fingerprint density at radius 1 is 1.22 bits per heavy atom. The van der Waals surface area contributed by atoms with Crippen LogP contribution in [0.2, 0.25) is 0 Å². The van der Waals surface area contributed by atoms with Crippen molar-refractivity contribution in [1.82, 2.24) is 5.32 Å². The fraction of sp³-hybridized carbons (Fsp3) is 0.214. The molecule has 0 unspecified atom stereocenters. The number of amides is 1. The summed E-state index contributed by atoms with van der Waals surface area (Å²) in [5, 5.41) is 2.77. The van der Waals surface area contributed by atoms with Crippen molar-refractivity contribution in [1.29, 1.82) is 0 Å². The van der Waals surface area contributed by atoms with Gasteiger partial charge >= 0.3 is 0 Å². The van der Waals surface area contributed by atoms with E-state index in [1.807, 2.05) is 30.3 Å². The molecule has 1 N–H and O–H groups in total. The molecule has 1 amide bonds. The van der Waals surface area contributed by atoms with E-state index >= 15 is 0 Å². The normalized spacial score (nSPS) is 10.3. The lowest BCUT2D eigenvalue weighted by atomic mass is 10.1. The number of nitrogens with one attached hydrogen (secondary N) is 1. The molecule has 0 aliphatic rings. The van der Waals surface area contributed by atoms with Crippen LogP contribution in [0.3, 0.4) is 0 Å². The maximum absolute atomic E-state index is 11.2. The molecular weight excluding hydrogens is 230 g/mol. The molecule has 0 spiro atoms. The topological polar surface area (TPSA) is 51.5 Å². The molecular formula is C14H15NO3. The van der Waals surface area contributed by atoms with Crippen molar-refractivity contribution >= 4 is 5.91 Å². The highest BCUT2D eigenvalue weighted by atomic mass is 16.5. The number of hydrogen-bond acceptors (Lipinski definition) is 3. The summed E-state index contributed by atoms with van der Waals surface area (Å²) in [6, 6.07) is 9.88. The molecule has 4 heteroatoms. The van der Waals surface area contributed by atoms with Crippen LogP contribution in [0.15, 0.2) is 47.3 Å².